The molecule has 2 aromatic rings. The third kappa shape index (κ3) is 7.70. The Morgan fingerprint density at radius 2 is 1.61 bits per heavy atom. The van der Waals surface area contributed by atoms with Crippen molar-refractivity contribution in [3.05, 3.63) is 59.7 Å². The summed E-state index contributed by atoms with van der Waals surface area (Å²) in [5, 5.41) is 9.42. The van der Waals surface area contributed by atoms with Crippen LogP contribution in [0.1, 0.15) is 25.0 Å². The van der Waals surface area contributed by atoms with E-state index in [0.717, 1.165) is 43.3 Å². The number of amides is 1. The van der Waals surface area contributed by atoms with Crippen LogP contribution < -0.4 is 20.7 Å². The number of methoxy groups -OCH3 is 1. The first-order valence-corrected chi connectivity index (χ1v) is 9.62. The zero-order valence-corrected chi connectivity index (χ0v) is 16.9. The quantitative estimate of drug-likeness (QED) is 0.460. The second-order valence-corrected chi connectivity index (χ2v) is 6.41. The van der Waals surface area contributed by atoms with Crippen LogP contribution in [0.15, 0.2) is 53.5 Å². The van der Waals surface area contributed by atoms with Gasteiger partial charge in [-0.05, 0) is 55.2 Å². The van der Waals surface area contributed by atoms with Crippen molar-refractivity contribution in [2.75, 3.05) is 32.1 Å². The minimum Gasteiger partial charge on any atom is -0.497 e. The molecule has 0 aliphatic carbocycles. The van der Waals surface area contributed by atoms with E-state index >= 15 is 0 Å². The Bertz CT molecular complexity index is 755. The molecular weight excluding hydrogens is 352 g/mol. The maximum absolute atomic E-state index is 11.1. The fraction of sp³-hybridized carbons (Fsp3) is 0.364. The normalized spacial score (nSPS) is 11.0. The third-order valence-electron chi connectivity index (χ3n) is 4.15. The lowest BCUT2D eigenvalue weighted by Gasteiger charge is -2.11. The average molecular weight is 383 g/mol. The van der Waals surface area contributed by atoms with Gasteiger partial charge in [0.15, 0.2) is 5.96 Å². The van der Waals surface area contributed by atoms with Crippen molar-refractivity contribution in [2.24, 2.45) is 4.99 Å². The molecule has 0 spiro atoms. The number of aliphatic imine (C=N–C) groups is 1. The molecule has 0 saturated heterocycles. The van der Waals surface area contributed by atoms with E-state index in [2.05, 4.69) is 40.0 Å². The highest BCUT2D eigenvalue weighted by atomic mass is 16.5. The van der Waals surface area contributed by atoms with Gasteiger partial charge < -0.3 is 20.7 Å². The third-order valence-corrected chi connectivity index (χ3v) is 4.15. The zero-order chi connectivity index (χ0) is 20.2. The molecule has 2 aromatic carbocycles. The lowest BCUT2D eigenvalue weighted by molar-refractivity contribution is -0.114. The van der Waals surface area contributed by atoms with Gasteiger partial charge in [-0.3, -0.25) is 9.79 Å². The van der Waals surface area contributed by atoms with Crippen molar-refractivity contribution in [3.8, 4) is 5.75 Å². The van der Waals surface area contributed by atoms with Crippen molar-refractivity contribution in [2.45, 2.75) is 26.7 Å². The molecule has 0 radical (unpaired) electrons. The van der Waals surface area contributed by atoms with E-state index in [-0.39, 0.29) is 5.91 Å². The van der Waals surface area contributed by atoms with Crippen LogP contribution in [0.4, 0.5) is 5.69 Å². The van der Waals surface area contributed by atoms with E-state index < -0.39 is 0 Å². The summed E-state index contributed by atoms with van der Waals surface area (Å²) in [5.41, 5.74) is 3.25. The van der Waals surface area contributed by atoms with Gasteiger partial charge >= 0.3 is 0 Å². The van der Waals surface area contributed by atoms with Gasteiger partial charge in [0, 0.05) is 32.2 Å². The molecule has 6 nitrogen and oxygen atoms in total. The van der Waals surface area contributed by atoms with Crippen molar-refractivity contribution >= 4 is 17.6 Å². The number of ether oxygens (including phenoxy) is 1. The van der Waals surface area contributed by atoms with E-state index in [1.54, 1.807) is 7.11 Å². The summed E-state index contributed by atoms with van der Waals surface area (Å²) in [7, 11) is 1.67. The number of rotatable bonds is 9. The molecule has 0 bridgehead atoms. The number of hydrogen-bond acceptors (Lipinski definition) is 3. The van der Waals surface area contributed by atoms with Crippen molar-refractivity contribution in [1.29, 1.82) is 0 Å². The van der Waals surface area contributed by atoms with Crippen molar-refractivity contribution < 1.29 is 9.53 Å². The Morgan fingerprint density at radius 1 is 0.964 bits per heavy atom. The molecule has 0 heterocycles. The highest BCUT2D eigenvalue weighted by Gasteiger charge is 2.00. The number of guanidine groups is 1. The molecule has 2 rings (SSSR count). The molecule has 0 fully saturated rings. The lowest BCUT2D eigenvalue weighted by Crippen LogP contribution is -2.38. The highest BCUT2D eigenvalue weighted by Crippen LogP contribution is 2.11. The Hall–Kier alpha value is -3.02. The summed E-state index contributed by atoms with van der Waals surface area (Å²) in [6.07, 6.45) is 1.76. The number of nitrogens with zero attached hydrogens (tertiary/aromatic N) is 1. The molecule has 1 amide bonds. The van der Waals surface area contributed by atoms with Crippen LogP contribution in [0.25, 0.3) is 0 Å². The van der Waals surface area contributed by atoms with Gasteiger partial charge in [-0.2, -0.15) is 0 Å². The maximum atomic E-state index is 11.1. The van der Waals surface area contributed by atoms with E-state index in [1.807, 2.05) is 36.4 Å². The average Bonchev–Trinajstić information content (AvgIpc) is 2.69. The van der Waals surface area contributed by atoms with Crippen LogP contribution in [0.3, 0.4) is 0 Å². The van der Waals surface area contributed by atoms with E-state index in [1.165, 1.54) is 18.1 Å². The first-order valence-electron chi connectivity index (χ1n) is 9.62. The minimum absolute atomic E-state index is 0.0617. The van der Waals surface area contributed by atoms with Crippen LogP contribution in [0, 0.1) is 0 Å². The molecular formula is C22H30N4O2. The first kappa shape index (κ1) is 21.3. The molecule has 0 aliphatic heterocycles. The van der Waals surface area contributed by atoms with Gasteiger partial charge in [0.25, 0.3) is 0 Å². The molecule has 0 aromatic heterocycles. The van der Waals surface area contributed by atoms with Crippen molar-refractivity contribution in [1.82, 2.24) is 10.6 Å². The Morgan fingerprint density at radius 3 is 2.21 bits per heavy atom. The number of nitrogens with one attached hydrogen (secondary N) is 3. The summed E-state index contributed by atoms with van der Waals surface area (Å²) < 4.78 is 5.18. The second-order valence-electron chi connectivity index (χ2n) is 6.41. The standard InChI is InChI=1S/C22H30N4O2/c1-4-23-22(25-16-14-19-7-11-21(28-3)12-8-19)24-15-13-18-5-9-20(10-6-18)26-17(2)27/h5-12H,4,13-16H2,1-3H3,(H,26,27)(H2,23,24,25). The first-order chi connectivity index (χ1) is 13.6. The van der Waals surface area contributed by atoms with Crippen LogP contribution in [0.5, 0.6) is 5.75 Å². The largest absolute Gasteiger partial charge is 0.497 e. The smallest absolute Gasteiger partial charge is 0.221 e. The number of carbonyl (C=O) groups excluding carboxylic acids is 1. The van der Waals surface area contributed by atoms with Crippen molar-refractivity contribution in [3.63, 3.8) is 0 Å². The van der Waals surface area contributed by atoms with Crippen LogP contribution >= 0.6 is 0 Å². The molecule has 0 saturated carbocycles. The minimum atomic E-state index is -0.0617. The summed E-state index contributed by atoms with van der Waals surface area (Å²) >= 11 is 0. The SMILES string of the molecule is CCNC(=NCCc1ccc(NC(C)=O)cc1)NCCc1ccc(OC)cc1. The van der Waals surface area contributed by atoms with Gasteiger partial charge in [0.05, 0.1) is 7.11 Å². The Labute approximate surface area is 167 Å². The second kappa shape index (κ2) is 11.6. The van der Waals surface area contributed by atoms with Gasteiger partial charge in [-0.15, -0.1) is 0 Å². The summed E-state index contributed by atoms with van der Waals surface area (Å²) in [5.74, 6) is 1.64. The topological polar surface area (TPSA) is 74.8 Å². The molecule has 28 heavy (non-hydrogen) atoms. The molecule has 6 heteroatoms. The molecule has 3 N–H and O–H groups in total. The zero-order valence-electron chi connectivity index (χ0n) is 16.9. The highest BCUT2D eigenvalue weighted by molar-refractivity contribution is 5.88. The van der Waals surface area contributed by atoms with Crippen LogP contribution in [-0.4, -0.2) is 38.6 Å². The molecule has 0 atom stereocenters. The van der Waals surface area contributed by atoms with Gasteiger partial charge in [0.2, 0.25) is 5.91 Å². The van der Waals surface area contributed by atoms with E-state index in [4.69, 9.17) is 4.74 Å². The summed E-state index contributed by atoms with van der Waals surface area (Å²) in [6.45, 7) is 5.88. The predicted molar refractivity (Wildman–Crippen MR) is 115 cm³/mol. The fourth-order valence-electron chi connectivity index (χ4n) is 2.71. The molecule has 150 valence electrons. The van der Waals surface area contributed by atoms with Crippen LogP contribution in [-0.2, 0) is 17.6 Å². The molecule has 0 unspecified atom stereocenters. The predicted octanol–water partition coefficient (Wildman–Crippen LogP) is 2.99. The number of hydrogen-bond donors (Lipinski definition) is 3. The van der Waals surface area contributed by atoms with Gasteiger partial charge in [-0.25, -0.2) is 0 Å². The Kier molecular flexibility index (Phi) is 8.85. The lowest BCUT2D eigenvalue weighted by atomic mass is 10.1. The van der Waals surface area contributed by atoms with E-state index in [0.29, 0.717) is 6.54 Å². The van der Waals surface area contributed by atoms with E-state index in [9.17, 15) is 4.79 Å². The van der Waals surface area contributed by atoms with Crippen LogP contribution in [0.2, 0.25) is 0 Å². The van der Waals surface area contributed by atoms with Gasteiger partial charge in [-0.1, -0.05) is 24.3 Å². The fourth-order valence-corrected chi connectivity index (χ4v) is 2.71. The monoisotopic (exact) mass is 382 g/mol. The Balaban J connectivity index is 1.79. The van der Waals surface area contributed by atoms with Gasteiger partial charge in [0.1, 0.15) is 5.75 Å². The molecule has 0 aliphatic rings. The summed E-state index contributed by atoms with van der Waals surface area (Å²) in [6, 6.07) is 16.0. The maximum Gasteiger partial charge on any atom is 0.221 e. The number of anilines is 1. The summed E-state index contributed by atoms with van der Waals surface area (Å²) in [4.78, 5) is 15.7. The number of benzene rings is 2. The number of carbonyl (C=O) groups is 1.